The van der Waals surface area contributed by atoms with Crippen LogP contribution in [0.3, 0.4) is 0 Å². The average Bonchev–Trinajstić information content (AvgIpc) is 2.75. The molecular formula is C13H13N5O2S. The van der Waals surface area contributed by atoms with E-state index >= 15 is 0 Å². The number of anilines is 1. The number of nitrogens with zero attached hydrogens (tertiary/aromatic N) is 4. The topological polar surface area (TPSA) is 104 Å². The molecule has 0 fully saturated rings. The summed E-state index contributed by atoms with van der Waals surface area (Å²) in [6, 6.07) is 6.76. The Morgan fingerprint density at radius 2 is 2.10 bits per heavy atom. The van der Waals surface area contributed by atoms with Crippen LogP contribution in [0.1, 0.15) is 5.69 Å². The molecular weight excluding hydrogens is 290 g/mol. The van der Waals surface area contributed by atoms with E-state index < -0.39 is 9.84 Å². The number of imidazole rings is 1. The largest absolute Gasteiger partial charge is 0.369 e. The lowest BCUT2D eigenvalue weighted by Gasteiger charge is -2.06. The van der Waals surface area contributed by atoms with E-state index in [9.17, 15) is 8.42 Å². The summed E-state index contributed by atoms with van der Waals surface area (Å²) in [7, 11) is -3.36. The van der Waals surface area contributed by atoms with Gasteiger partial charge in [-0.25, -0.2) is 23.4 Å². The van der Waals surface area contributed by atoms with Crippen molar-refractivity contribution in [3.05, 3.63) is 42.5 Å². The molecule has 108 valence electrons. The number of nitrogens with two attached hydrogens (primary N) is 1. The number of sulfone groups is 1. The predicted molar refractivity (Wildman–Crippen MR) is 78.4 cm³/mol. The highest BCUT2D eigenvalue weighted by atomic mass is 32.2. The van der Waals surface area contributed by atoms with Gasteiger partial charge in [-0.2, -0.15) is 0 Å². The van der Waals surface area contributed by atoms with Crippen LogP contribution in [0.2, 0.25) is 0 Å². The van der Waals surface area contributed by atoms with E-state index in [0.29, 0.717) is 17.6 Å². The van der Waals surface area contributed by atoms with E-state index in [1.54, 1.807) is 29.0 Å². The molecule has 21 heavy (non-hydrogen) atoms. The van der Waals surface area contributed by atoms with Crippen molar-refractivity contribution in [3.8, 4) is 0 Å². The number of nitrogen functional groups attached to an aromatic ring is 1. The minimum absolute atomic E-state index is 0.174. The summed E-state index contributed by atoms with van der Waals surface area (Å²) in [6.45, 7) is 0.401. The molecule has 2 heterocycles. The molecule has 2 N–H and O–H groups in total. The predicted octanol–water partition coefficient (Wildman–Crippen LogP) is 0.860. The zero-order valence-corrected chi connectivity index (χ0v) is 12.1. The molecule has 0 spiro atoms. The molecule has 8 heteroatoms. The summed E-state index contributed by atoms with van der Waals surface area (Å²) in [5, 5.41) is 0. The van der Waals surface area contributed by atoms with Crippen molar-refractivity contribution in [1.29, 1.82) is 0 Å². The monoisotopic (exact) mass is 303 g/mol. The molecule has 0 amide bonds. The Hall–Kier alpha value is -2.48. The first-order chi connectivity index (χ1) is 9.97. The van der Waals surface area contributed by atoms with Crippen LogP contribution in [-0.4, -0.2) is 34.2 Å². The molecule has 0 radical (unpaired) electrons. The van der Waals surface area contributed by atoms with Crippen molar-refractivity contribution in [3.63, 3.8) is 0 Å². The number of aromatic nitrogens is 4. The molecule has 0 aliphatic carbocycles. The van der Waals surface area contributed by atoms with Crippen LogP contribution in [-0.2, 0) is 16.4 Å². The summed E-state index contributed by atoms with van der Waals surface area (Å²) >= 11 is 0. The lowest BCUT2D eigenvalue weighted by atomic mass is 10.3. The fourth-order valence-electron chi connectivity index (χ4n) is 2.18. The molecule has 0 aliphatic heterocycles. The van der Waals surface area contributed by atoms with E-state index in [-0.39, 0.29) is 10.8 Å². The van der Waals surface area contributed by atoms with Gasteiger partial charge in [-0.05, 0) is 18.2 Å². The van der Waals surface area contributed by atoms with Gasteiger partial charge in [-0.3, -0.25) is 0 Å². The van der Waals surface area contributed by atoms with Gasteiger partial charge in [0.15, 0.2) is 9.84 Å². The summed E-state index contributed by atoms with van der Waals surface area (Å²) in [5.41, 5.74) is 7.73. The minimum atomic E-state index is -3.36. The Labute approximate surface area is 121 Å². The van der Waals surface area contributed by atoms with Gasteiger partial charge in [0.25, 0.3) is 0 Å². The van der Waals surface area contributed by atoms with Gasteiger partial charge in [-0.15, -0.1) is 0 Å². The van der Waals surface area contributed by atoms with Gasteiger partial charge >= 0.3 is 0 Å². The third kappa shape index (κ3) is 2.45. The van der Waals surface area contributed by atoms with E-state index in [4.69, 9.17) is 5.73 Å². The molecule has 3 rings (SSSR count). The zero-order chi connectivity index (χ0) is 15.0. The first-order valence-electron chi connectivity index (χ1n) is 6.16. The molecule has 0 saturated carbocycles. The highest BCUT2D eigenvalue weighted by molar-refractivity contribution is 7.91. The Morgan fingerprint density at radius 3 is 2.76 bits per heavy atom. The van der Waals surface area contributed by atoms with Crippen LogP contribution in [0, 0.1) is 0 Å². The number of para-hydroxylation sites is 1. The normalized spacial score (nSPS) is 11.9. The first kappa shape index (κ1) is 13.5. The smallest absolute Gasteiger partial charge is 0.201 e. The summed E-state index contributed by atoms with van der Waals surface area (Å²) in [4.78, 5) is 12.4. The number of fused-ring (bicyclic) bond motifs is 1. The number of benzene rings is 1. The van der Waals surface area contributed by atoms with E-state index in [2.05, 4.69) is 15.0 Å². The van der Waals surface area contributed by atoms with Gasteiger partial charge in [0.05, 0.1) is 22.7 Å². The highest BCUT2D eigenvalue weighted by Gasteiger charge is 2.17. The van der Waals surface area contributed by atoms with Gasteiger partial charge in [0.2, 0.25) is 5.95 Å². The lowest BCUT2D eigenvalue weighted by molar-refractivity contribution is 0.602. The second-order valence-corrected chi connectivity index (χ2v) is 6.64. The maximum atomic E-state index is 11.8. The Kier molecular flexibility index (Phi) is 3.09. The SMILES string of the molecule is CS(=O)(=O)c1cccc2c1nc(N)n2Cc1ccncn1. The van der Waals surface area contributed by atoms with Crippen LogP contribution >= 0.6 is 0 Å². The van der Waals surface area contributed by atoms with Crippen molar-refractivity contribution in [2.75, 3.05) is 12.0 Å². The van der Waals surface area contributed by atoms with E-state index in [1.807, 2.05) is 0 Å². The molecule has 0 bridgehead atoms. The van der Waals surface area contributed by atoms with Crippen molar-refractivity contribution in [1.82, 2.24) is 19.5 Å². The number of rotatable bonds is 3. The van der Waals surface area contributed by atoms with Crippen LogP contribution < -0.4 is 5.73 Å². The average molecular weight is 303 g/mol. The van der Waals surface area contributed by atoms with Gasteiger partial charge in [-0.1, -0.05) is 6.07 Å². The third-order valence-electron chi connectivity index (χ3n) is 3.13. The zero-order valence-electron chi connectivity index (χ0n) is 11.3. The van der Waals surface area contributed by atoms with Crippen LogP contribution in [0.5, 0.6) is 0 Å². The standard InChI is InChI=1S/C13H13N5O2S/c1-21(19,20)11-4-2-3-10-12(11)17-13(14)18(10)7-9-5-6-15-8-16-9/h2-6,8H,7H2,1H3,(H2,14,17). The molecule has 7 nitrogen and oxygen atoms in total. The summed E-state index contributed by atoms with van der Waals surface area (Å²) < 4.78 is 25.4. The van der Waals surface area contributed by atoms with E-state index in [1.165, 1.54) is 12.4 Å². The third-order valence-corrected chi connectivity index (χ3v) is 4.26. The quantitative estimate of drug-likeness (QED) is 0.769. The van der Waals surface area contributed by atoms with Crippen LogP contribution in [0.15, 0.2) is 41.7 Å². The Bertz CT molecular complexity index is 903. The Balaban J connectivity index is 2.19. The molecule has 1 aromatic carbocycles. The van der Waals surface area contributed by atoms with Crippen molar-refractivity contribution >= 4 is 26.8 Å². The second kappa shape index (κ2) is 4.81. The van der Waals surface area contributed by atoms with E-state index in [0.717, 1.165) is 11.9 Å². The molecule has 0 unspecified atom stereocenters. The maximum Gasteiger partial charge on any atom is 0.201 e. The minimum Gasteiger partial charge on any atom is -0.369 e. The van der Waals surface area contributed by atoms with Gasteiger partial charge in [0.1, 0.15) is 11.8 Å². The fraction of sp³-hybridized carbons (Fsp3) is 0.154. The number of hydrogen-bond donors (Lipinski definition) is 1. The summed E-state index contributed by atoms with van der Waals surface area (Å²) in [5.74, 6) is 0.250. The van der Waals surface area contributed by atoms with Gasteiger partial charge in [0, 0.05) is 12.5 Å². The maximum absolute atomic E-state index is 11.8. The second-order valence-electron chi connectivity index (χ2n) is 4.65. The highest BCUT2D eigenvalue weighted by Crippen LogP contribution is 2.25. The first-order valence-corrected chi connectivity index (χ1v) is 8.05. The van der Waals surface area contributed by atoms with Crippen LogP contribution in [0.25, 0.3) is 11.0 Å². The lowest BCUT2D eigenvalue weighted by Crippen LogP contribution is -2.06. The molecule has 2 aromatic heterocycles. The molecule has 0 atom stereocenters. The van der Waals surface area contributed by atoms with Crippen LogP contribution in [0.4, 0.5) is 5.95 Å². The summed E-state index contributed by atoms with van der Waals surface area (Å²) in [6.07, 6.45) is 4.24. The van der Waals surface area contributed by atoms with Crippen molar-refractivity contribution in [2.45, 2.75) is 11.4 Å². The fourth-order valence-corrected chi connectivity index (χ4v) is 3.01. The van der Waals surface area contributed by atoms with Gasteiger partial charge < -0.3 is 10.3 Å². The Morgan fingerprint density at radius 1 is 1.29 bits per heavy atom. The van der Waals surface area contributed by atoms with Crippen molar-refractivity contribution in [2.24, 2.45) is 0 Å². The van der Waals surface area contributed by atoms with Crippen molar-refractivity contribution < 1.29 is 8.42 Å². The number of hydrogen-bond acceptors (Lipinski definition) is 6. The molecule has 3 aromatic rings. The molecule has 0 saturated heterocycles. The molecule has 0 aliphatic rings.